The number of imide groups is 1. The highest BCUT2D eigenvalue weighted by molar-refractivity contribution is 7.13. The molecule has 2 heterocycles. The Morgan fingerprint density at radius 2 is 2.11 bits per heavy atom. The normalized spacial score (nSPS) is 16.3. The van der Waals surface area contributed by atoms with Crippen molar-refractivity contribution in [2.45, 2.75) is 25.3 Å². The summed E-state index contributed by atoms with van der Waals surface area (Å²) in [6.07, 6.45) is 2.53. The van der Waals surface area contributed by atoms with Crippen molar-refractivity contribution in [2.24, 2.45) is 0 Å². The number of nitrogens with one attached hydrogen (secondary N) is 2. The third-order valence-corrected chi connectivity index (χ3v) is 4.92. The van der Waals surface area contributed by atoms with Crippen LogP contribution in [0.15, 0.2) is 35.8 Å². The van der Waals surface area contributed by atoms with Crippen LogP contribution in [0.3, 0.4) is 0 Å². The molecule has 4 amide bonds. The standard InChI is InChI=1S/C18H20N4O4S/c1-26-13-4-2-12(3-5-13)8-10-22-16(24)14(20-18(22)25)6-7-15(23)21-17-19-9-11-27-17/h2-5,9,11,14H,6-8,10H2,1H3,(H,20,25)(H,19,21,23). The van der Waals surface area contributed by atoms with Gasteiger partial charge in [-0.1, -0.05) is 12.1 Å². The predicted molar refractivity (Wildman–Crippen MR) is 101 cm³/mol. The van der Waals surface area contributed by atoms with Gasteiger partial charge < -0.3 is 15.4 Å². The first kappa shape index (κ1) is 18.8. The van der Waals surface area contributed by atoms with Crippen LogP contribution in [0.2, 0.25) is 0 Å². The van der Waals surface area contributed by atoms with Gasteiger partial charge in [0, 0.05) is 24.5 Å². The molecule has 8 nitrogen and oxygen atoms in total. The monoisotopic (exact) mass is 388 g/mol. The molecule has 0 saturated carbocycles. The quantitative estimate of drug-likeness (QED) is 0.674. The van der Waals surface area contributed by atoms with Gasteiger partial charge in [0.05, 0.1) is 7.11 Å². The summed E-state index contributed by atoms with van der Waals surface area (Å²) in [6, 6.07) is 6.39. The van der Waals surface area contributed by atoms with Gasteiger partial charge in [-0.05, 0) is 30.5 Å². The molecule has 2 N–H and O–H groups in total. The fourth-order valence-corrected chi connectivity index (χ4v) is 3.30. The van der Waals surface area contributed by atoms with Crippen LogP contribution >= 0.6 is 11.3 Å². The third-order valence-electron chi connectivity index (χ3n) is 4.23. The van der Waals surface area contributed by atoms with E-state index in [1.165, 1.54) is 16.2 Å². The zero-order chi connectivity index (χ0) is 19.2. The van der Waals surface area contributed by atoms with Crippen molar-refractivity contribution in [3.63, 3.8) is 0 Å². The number of nitrogens with zero attached hydrogens (tertiary/aromatic N) is 2. The Balaban J connectivity index is 1.47. The highest BCUT2D eigenvalue weighted by Crippen LogP contribution is 2.16. The first-order valence-electron chi connectivity index (χ1n) is 8.51. The highest BCUT2D eigenvalue weighted by atomic mass is 32.1. The lowest BCUT2D eigenvalue weighted by molar-refractivity contribution is -0.127. The number of amides is 4. The zero-order valence-electron chi connectivity index (χ0n) is 14.8. The number of thiazole rings is 1. The van der Waals surface area contributed by atoms with E-state index in [1.807, 2.05) is 24.3 Å². The molecule has 1 aromatic heterocycles. The molecule has 1 aliphatic heterocycles. The number of carbonyl (C=O) groups excluding carboxylic acids is 3. The Hall–Kier alpha value is -2.94. The minimum absolute atomic E-state index is 0.128. The summed E-state index contributed by atoms with van der Waals surface area (Å²) >= 11 is 1.32. The molecule has 0 bridgehead atoms. The van der Waals surface area contributed by atoms with Gasteiger partial charge in [-0.25, -0.2) is 9.78 Å². The fraction of sp³-hybridized carbons (Fsp3) is 0.333. The molecule has 1 saturated heterocycles. The van der Waals surface area contributed by atoms with Crippen LogP contribution in [0.1, 0.15) is 18.4 Å². The van der Waals surface area contributed by atoms with Crippen molar-refractivity contribution in [1.82, 2.24) is 15.2 Å². The lowest BCUT2D eigenvalue weighted by atomic mass is 10.1. The van der Waals surface area contributed by atoms with Crippen molar-refractivity contribution in [3.8, 4) is 5.75 Å². The van der Waals surface area contributed by atoms with Crippen LogP contribution in [0.5, 0.6) is 5.75 Å². The Bertz CT molecular complexity index is 807. The van der Waals surface area contributed by atoms with Gasteiger partial charge in [0.2, 0.25) is 5.91 Å². The largest absolute Gasteiger partial charge is 0.497 e. The molecule has 142 valence electrons. The van der Waals surface area contributed by atoms with Crippen LogP contribution in [0, 0.1) is 0 Å². The van der Waals surface area contributed by atoms with Crippen molar-refractivity contribution >= 4 is 34.3 Å². The number of carbonyl (C=O) groups is 3. The summed E-state index contributed by atoms with van der Waals surface area (Å²) in [5, 5.41) is 7.58. The molecule has 0 radical (unpaired) electrons. The molecular formula is C18H20N4O4S. The summed E-state index contributed by atoms with van der Waals surface area (Å²) < 4.78 is 5.11. The van der Waals surface area contributed by atoms with Gasteiger partial charge in [-0.3, -0.25) is 14.5 Å². The van der Waals surface area contributed by atoms with Gasteiger partial charge in [-0.2, -0.15) is 0 Å². The van der Waals surface area contributed by atoms with Crippen molar-refractivity contribution in [2.75, 3.05) is 19.0 Å². The summed E-state index contributed by atoms with van der Waals surface area (Å²) in [7, 11) is 1.60. The molecule has 1 aliphatic rings. The summed E-state index contributed by atoms with van der Waals surface area (Å²) in [6.45, 7) is 0.290. The van der Waals surface area contributed by atoms with Gasteiger partial charge >= 0.3 is 6.03 Å². The highest BCUT2D eigenvalue weighted by Gasteiger charge is 2.37. The molecular weight excluding hydrogens is 368 g/mol. The number of urea groups is 1. The van der Waals surface area contributed by atoms with E-state index in [-0.39, 0.29) is 24.7 Å². The topological polar surface area (TPSA) is 101 Å². The first-order chi connectivity index (χ1) is 13.1. The SMILES string of the molecule is COc1ccc(CCN2C(=O)NC(CCC(=O)Nc3nccs3)C2=O)cc1. The number of benzene rings is 1. The van der Waals surface area contributed by atoms with Gasteiger partial charge in [0.1, 0.15) is 11.8 Å². The van der Waals surface area contributed by atoms with Crippen LogP contribution in [-0.2, 0) is 16.0 Å². The zero-order valence-corrected chi connectivity index (χ0v) is 15.6. The fourth-order valence-electron chi connectivity index (χ4n) is 2.76. The minimum Gasteiger partial charge on any atom is -0.497 e. The Kier molecular flexibility index (Phi) is 6.02. The van der Waals surface area contributed by atoms with E-state index in [0.29, 0.717) is 18.1 Å². The predicted octanol–water partition coefficient (Wildman–Crippen LogP) is 2.03. The maximum atomic E-state index is 12.4. The van der Waals surface area contributed by atoms with Gasteiger partial charge in [0.15, 0.2) is 5.13 Å². The van der Waals surface area contributed by atoms with Crippen LogP contribution in [-0.4, -0.2) is 47.4 Å². The average Bonchev–Trinajstić information content (AvgIpc) is 3.27. The maximum absolute atomic E-state index is 12.4. The molecule has 1 fully saturated rings. The van der Waals surface area contributed by atoms with E-state index in [4.69, 9.17) is 4.74 Å². The number of aromatic nitrogens is 1. The number of methoxy groups -OCH3 is 1. The van der Waals surface area contributed by atoms with Crippen molar-refractivity contribution in [1.29, 1.82) is 0 Å². The summed E-state index contributed by atoms with van der Waals surface area (Å²) in [5.41, 5.74) is 1.00. The summed E-state index contributed by atoms with van der Waals surface area (Å²) in [4.78, 5) is 41.6. The molecule has 1 atom stereocenters. The molecule has 9 heteroatoms. The lowest BCUT2D eigenvalue weighted by Crippen LogP contribution is -2.33. The van der Waals surface area contributed by atoms with E-state index in [1.54, 1.807) is 18.7 Å². The van der Waals surface area contributed by atoms with E-state index in [9.17, 15) is 14.4 Å². The third kappa shape index (κ3) is 4.82. The van der Waals surface area contributed by atoms with E-state index >= 15 is 0 Å². The second-order valence-electron chi connectivity index (χ2n) is 6.01. The summed E-state index contributed by atoms with van der Waals surface area (Å²) in [5.74, 6) is 0.226. The van der Waals surface area contributed by atoms with E-state index in [2.05, 4.69) is 15.6 Å². The Morgan fingerprint density at radius 3 is 2.78 bits per heavy atom. The Morgan fingerprint density at radius 1 is 1.33 bits per heavy atom. The van der Waals surface area contributed by atoms with Crippen LogP contribution in [0.25, 0.3) is 0 Å². The second kappa shape index (κ2) is 8.63. The molecule has 1 aromatic carbocycles. The van der Waals surface area contributed by atoms with Gasteiger partial charge in [0.25, 0.3) is 5.91 Å². The van der Waals surface area contributed by atoms with Crippen LogP contribution < -0.4 is 15.4 Å². The first-order valence-corrected chi connectivity index (χ1v) is 9.39. The molecule has 0 spiro atoms. The van der Waals surface area contributed by atoms with Crippen molar-refractivity contribution in [3.05, 3.63) is 41.4 Å². The number of hydrogen-bond donors (Lipinski definition) is 2. The molecule has 0 aliphatic carbocycles. The van der Waals surface area contributed by atoms with Crippen LogP contribution in [0.4, 0.5) is 9.93 Å². The maximum Gasteiger partial charge on any atom is 0.324 e. The van der Waals surface area contributed by atoms with E-state index < -0.39 is 12.1 Å². The van der Waals surface area contributed by atoms with E-state index in [0.717, 1.165) is 11.3 Å². The smallest absolute Gasteiger partial charge is 0.324 e. The number of anilines is 1. The average molecular weight is 388 g/mol. The minimum atomic E-state index is -0.671. The molecule has 2 aromatic rings. The number of hydrogen-bond acceptors (Lipinski definition) is 6. The second-order valence-corrected chi connectivity index (χ2v) is 6.91. The number of rotatable bonds is 8. The van der Waals surface area contributed by atoms with Crippen molar-refractivity contribution < 1.29 is 19.1 Å². The van der Waals surface area contributed by atoms with Gasteiger partial charge in [-0.15, -0.1) is 11.3 Å². The molecule has 27 heavy (non-hydrogen) atoms. The Labute approximate surface area is 160 Å². The molecule has 3 rings (SSSR count). The number of ether oxygens (including phenoxy) is 1. The molecule has 1 unspecified atom stereocenters. The lowest BCUT2D eigenvalue weighted by Gasteiger charge is -2.13.